The van der Waals surface area contributed by atoms with Crippen molar-refractivity contribution in [3.8, 4) is 0 Å². The minimum Gasteiger partial charge on any atom is -0.445 e. The first-order chi connectivity index (χ1) is 14.9. The summed E-state index contributed by atoms with van der Waals surface area (Å²) in [4.78, 5) is 48.3. The third-order valence-electron chi connectivity index (χ3n) is 4.59. The lowest BCUT2D eigenvalue weighted by molar-refractivity contribution is -0.133. The molecule has 2 amide bonds. The summed E-state index contributed by atoms with van der Waals surface area (Å²) in [6, 6.07) is 16.3. The lowest BCUT2D eigenvalue weighted by Gasteiger charge is -2.23. The number of ether oxygens (including phenoxy) is 1. The second-order valence-corrected chi connectivity index (χ2v) is 7.66. The van der Waals surface area contributed by atoms with Gasteiger partial charge in [0, 0.05) is 6.42 Å². The molecule has 7 nitrogen and oxygen atoms in total. The molecular weight excluding hydrogens is 396 g/mol. The van der Waals surface area contributed by atoms with Crippen molar-refractivity contribution in [2.45, 2.75) is 45.4 Å². The van der Waals surface area contributed by atoms with Crippen LogP contribution in [0, 0.1) is 5.92 Å². The summed E-state index contributed by atoms with van der Waals surface area (Å²) in [6.07, 6.45) is -0.00488. The Morgan fingerprint density at radius 2 is 1.45 bits per heavy atom. The fourth-order valence-electron chi connectivity index (χ4n) is 3.04. The van der Waals surface area contributed by atoms with Crippen LogP contribution in [-0.2, 0) is 32.1 Å². The van der Waals surface area contributed by atoms with E-state index >= 15 is 0 Å². The van der Waals surface area contributed by atoms with Crippen molar-refractivity contribution in [1.29, 1.82) is 0 Å². The van der Waals surface area contributed by atoms with E-state index in [1.165, 1.54) is 0 Å². The maximum absolute atomic E-state index is 12.9. The van der Waals surface area contributed by atoms with Crippen molar-refractivity contribution >= 4 is 24.1 Å². The molecule has 0 aliphatic rings. The number of aldehydes is 1. The van der Waals surface area contributed by atoms with Gasteiger partial charge in [-0.05, 0) is 23.5 Å². The lowest BCUT2D eigenvalue weighted by Crippen LogP contribution is -2.52. The van der Waals surface area contributed by atoms with E-state index < -0.39 is 29.9 Å². The Kier molecular flexibility index (Phi) is 9.42. The van der Waals surface area contributed by atoms with Gasteiger partial charge in [0.1, 0.15) is 12.6 Å². The van der Waals surface area contributed by atoms with E-state index in [1.807, 2.05) is 74.5 Å². The van der Waals surface area contributed by atoms with Crippen molar-refractivity contribution in [3.63, 3.8) is 0 Å². The van der Waals surface area contributed by atoms with Crippen LogP contribution in [0.5, 0.6) is 0 Å². The Hall–Kier alpha value is -3.48. The zero-order valence-electron chi connectivity index (χ0n) is 17.7. The largest absolute Gasteiger partial charge is 0.445 e. The monoisotopic (exact) mass is 424 g/mol. The third kappa shape index (κ3) is 8.42. The molecule has 0 spiro atoms. The average Bonchev–Trinajstić information content (AvgIpc) is 2.77. The molecule has 0 fully saturated rings. The fraction of sp³-hybridized carbons (Fsp3) is 0.333. The number of hydrogen-bond donors (Lipinski definition) is 2. The number of rotatable bonds is 11. The van der Waals surface area contributed by atoms with Gasteiger partial charge in [-0.2, -0.15) is 0 Å². The number of carbonyl (C=O) groups is 4. The van der Waals surface area contributed by atoms with E-state index in [0.717, 1.165) is 11.1 Å². The summed E-state index contributed by atoms with van der Waals surface area (Å²) in [7, 11) is 0. The van der Waals surface area contributed by atoms with Crippen LogP contribution in [0.1, 0.15) is 31.4 Å². The number of alkyl carbamates (subject to hydrolysis) is 1. The minimum absolute atomic E-state index is 0.0724. The predicted octanol–water partition coefficient (Wildman–Crippen LogP) is 2.82. The zero-order chi connectivity index (χ0) is 22.6. The zero-order valence-corrected chi connectivity index (χ0v) is 17.7. The van der Waals surface area contributed by atoms with Crippen LogP contribution >= 0.6 is 0 Å². The molecule has 0 heterocycles. The summed E-state index contributed by atoms with van der Waals surface area (Å²) >= 11 is 0. The van der Waals surface area contributed by atoms with E-state index in [4.69, 9.17) is 4.74 Å². The Morgan fingerprint density at radius 3 is 2.00 bits per heavy atom. The summed E-state index contributed by atoms with van der Waals surface area (Å²) < 4.78 is 5.21. The Labute approximate surface area is 182 Å². The van der Waals surface area contributed by atoms with E-state index in [2.05, 4.69) is 10.6 Å². The molecule has 164 valence electrons. The molecule has 0 bridgehead atoms. The number of amides is 2. The predicted molar refractivity (Wildman–Crippen MR) is 116 cm³/mol. The fourth-order valence-corrected chi connectivity index (χ4v) is 3.04. The van der Waals surface area contributed by atoms with Crippen LogP contribution in [0.25, 0.3) is 0 Å². The Bertz CT molecular complexity index is 868. The quantitative estimate of drug-likeness (QED) is 0.427. The normalized spacial score (nSPS) is 12.5. The van der Waals surface area contributed by atoms with Gasteiger partial charge in [0.05, 0.1) is 6.04 Å². The van der Waals surface area contributed by atoms with Crippen molar-refractivity contribution in [1.82, 2.24) is 10.6 Å². The van der Waals surface area contributed by atoms with Crippen LogP contribution in [-0.4, -0.2) is 36.2 Å². The van der Waals surface area contributed by atoms with Crippen molar-refractivity contribution in [3.05, 3.63) is 71.8 Å². The van der Waals surface area contributed by atoms with Crippen LogP contribution in [0.15, 0.2) is 60.7 Å². The smallest absolute Gasteiger partial charge is 0.408 e. The second kappa shape index (κ2) is 12.3. The number of carbonyl (C=O) groups excluding carboxylic acids is 4. The van der Waals surface area contributed by atoms with Crippen molar-refractivity contribution < 1.29 is 23.9 Å². The maximum Gasteiger partial charge on any atom is 0.408 e. The van der Waals surface area contributed by atoms with Crippen molar-refractivity contribution in [2.24, 2.45) is 5.92 Å². The van der Waals surface area contributed by atoms with Gasteiger partial charge in [-0.3, -0.25) is 14.4 Å². The highest BCUT2D eigenvalue weighted by Crippen LogP contribution is 2.09. The van der Waals surface area contributed by atoms with E-state index in [1.54, 1.807) is 0 Å². The molecule has 0 unspecified atom stereocenters. The molecule has 0 radical (unpaired) electrons. The van der Waals surface area contributed by atoms with E-state index in [-0.39, 0.29) is 25.2 Å². The van der Waals surface area contributed by atoms with E-state index in [0.29, 0.717) is 6.42 Å². The van der Waals surface area contributed by atoms with Gasteiger partial charge in [0.15, 0.2) is 6.29 Å². The molecule has 7 heteroatoms. The van der Waals surface area contributed by atoms with Crippen LogP contribution in [0.2, 0.25) is 0 Å². The standard InChI is InChI=1S/C24H28N2O5/c1-17(2)13-21(26-24(30)31-16-19-11-7-4-8-12-19)23(29)25-20(22(28)15-27)14-18-9-5-3-6-10-18/h3-12,15,17,20-21H,13-14,16H2,1-2H3,(H,25,29)(H,26,30)/t20-,21-/m0/s1. The highest BCUT2D eigenvalue weighted by atomic mass is 16.5. The first-order valence-corrected chi connectivity index (χ1v) is 10.2. The number of Topliss-reactive ketones (excluding diaryl/α,β-unsaturated/α-hetero) is 1. The molecule has 0 saturated carbocycles. The third-order valence-corrected chi connectivity index (χ3v) is 4.59. The number of nitrogens with one attached hydrogen (secondary N) is 2. The number of benzene rings is 2. The summed E-state index contributed by atoms with van der Waals surface area (Å²) in [5.74, 6) is -1.17. The average molecular weight is 424 g/mol. The molecule has 0 aromatic heterocycles. The lowest BCUT2D eigenvalue weighted by atomic mass is 10.00. The topological polar surface area (TPSA) is 102 Å². The highest BCUT2D eigenvalue weighted by molar-refractivity contribution is 6.28. The minimum atomic E-state index is -1.01. The molecule has 2 aromatic rings. The molecule has 0 aliphatic carbocycles. The molecular formula is C24H28N2O5. The molecule has 2 atom stereocenters. The summed E-state index contributed by atoms with van der Waals surface area (Å²) in [6.45, 7) is 3.90. The summed E-state index contributed by atoms with van der Waals surface area (Å²) in [5, 5.41) is 5.18. The maximum atomic E-state index is 12.9. The van der Waals surface area contributed by atoms with Gasteiger partial charge >= 0.3 is 6.09 Å². The van der Waals surface area contributed by atoms with Gasteiger partial charge < -0.3 is 15.4 Å². The molecule has 0 aliphatic heterocycles. The first-order valence-electron chi connectivity index (χ1n) is 10.2. The van der Waals surface area contributed by atoms with Gasteiger partial charge in [0.2, 0.25) is 11.7 Å². The van der Waals surface area contributed by atoms with E-state index in [9.17, 15) is 19.2 Å². The van der Waals surface area contributed by atoms with Gasteiger partial charge in [-0.1, -0.05) is 74.5 Å². The van der Waals surface area contributed by atoms with Crippen LogP contribution in [0.3, 0.4) is 0 Å². The van der Waals surface area contributed by atoms with Gasteiger partial charge in [-0.15, -0.1) is 0 Å². The Balaban J connectivity index is 2.02. The van der Waals surface area contributed by atoms with Crippen molar-refractivity contribution in [2.75, 3.05) is 0 Å². The van der Waals surface area contributed by atoms with Crippen LogP contribution < -0.4 is 10.6 Å². The molecule has 31 heavy (non-hydrogen) atoms. The molecule has 0 saturated heterocycles. The number of hydrogen-bond acceptors (Lipinski definition) is 5. The molecule has 2 N–H and O–H groups in total. The van der Waals surface area contributed by atoms with Gasteiger partial charge in [-0.25, -0.2) is 4.79 Å². The second-order valence-electron chi connectivity index (χ2n) is 7.66. The molecule has 2 rings (SSSR count). The Morgan fingerprint density at radius 1 is 0.871 bits per heavy atom. The summed E-state index contributed by atoms with van der Waals surface area (Å²) in [5.41, 5.74) is 1.63. The first kappa shape index (κ1) is 23.8. The highest BCUT2D eigenvalue weighted by Gasteiger charge is 2.27. The van der Waals surface area contributed by atoms with Gasteiger partial charge in [0.25, 0.3) is 0 Å². The number of ketones is 1. The van der Waals surface area contributed by atoms with Crippen LogP contribution in [0.4, 0.5) is 4.79 Å². The SMILES string of the molecule is CC(C)C[C@H](NC(=O)OCc1ccccc1)C(=O)N[C@@H](Cc1ccccc1)C(=O)C=O. The molecule has 2 aromatic carbocycles.